The Labute approximate surface area is 180 Å². The Bertz CT molecular complexity index is 1150. The van der Waals surface area contributed by atoms with E-state index in [-0.39, 0.29) is 12.0 Å². The van der Waals surface area contributed by atoms with Gasteiger partial charge in [-0.15, -0.1) is 0 Å². The molecule has 31 heavy (non-hydrogen) atoms. The lowest BCUT2D eigenvalue weighted by atomic mass is 9.92. The number of nitrogens with zero attached hydrogens (tertiary/aromatic N) is 1. The Kier molecular flexibility index (Phi) is 4.74. The Balaban J connectivity index is 1.31. The van der Waals surface area contributed by atoms with Crippen molar-refractivity contribution in [3.05, 3.63) is 94.0 Å². The Morgan fingerprint density at radius 1 is 1.00 bits per heavy atom. The first-order chi connectivity index (χ1) is 15.0. The molecule has 1 aliphatic carbocycles. The summed E-state index contributed by atoms with van der Waals surface area (Å²) in [6, 6.07) is 20.0. The second-order valence-electron chi connectivity index (χ2n) is 8.16. The van der Waals surface area contributed by atoms with E-state index in [4.69, 9.17) is 4.74 Å². The zero-order chi connectivity index (χ0) is 21.5. The van der Waals surface area contributed by atoms with Gasteiger partial charge in [0.1, 0.15) is 6.61 Å². The van der Waals surface area contributed by atoms with Crippen LogP contribution in [0.2, 0.25) is 0 Å². The van der Waals surface area contributed by atoms with Gasteiger partial charge >= 0.3 is 12.1 Å². The minimum Gasteiger partial charge on any atom is -0.478 e. The number of rotatable bonds is 3. The van der Waals surface area contributed by atoms with Crippen LogP contribution in [0.1, 0.15) is 44.1 Å². The van der Waals surface area contributed by atoms with Crippen LogP contribution in [-0.2, 0) is 17.7 Å². The third-order valence-electron chi connectivity index (χ3n) is 6.51. The first-order valence-corrected chi connectivity index (χ1v) is 10.5. The predicted octanol–water partition coefficient (Wildman–Crippen LogP) is 5.00. The minimum absolute atomic E-state index is 0.0359. The van der Waals surface area contributed by atoms with E-state index in [1.54, 1.807) is 11.0 Å². The molecular formula is C26H23NO4. The van der Waals surface area contributed by atoms with E-state index in [1.807, 2.05) is 37.3 Å². The summed E-state index contributed by atoms with van der Waals surface area (Å²) in [5.74, 6) is -0.881. The first-order valence-electron chi connectivity index (χ1n) is 10.5. The van der Waals surface area contributed by atoms with E-state index >= 15 is 0 Å². The lowest BCUT2D eigenvalue weighted by Gasteiger charge is -2.30. The zero-order valence-electron chi connectivity index (χ0n) is 17.3. The third kappa shape index (κ3) is 3.26. The van der Waals surface area contributed by atoms with Gasteiger partial charge in [0.05, 0.1) is 5.56 Å². The Hall–Kier alpha value is -3.60. The SMILES string of the molecule is Cc1c(C(=O)O)ccc2c1CCN(C(=O)OCC1c3ccccc3-c3ccccc31)C2. The van der Waals surface area contributed by atoms with Crippen LogP contribution in [0, 0.1) is 6.92 Å². The molecular weight excluding hydrogens is 390 g/mol. The van der Waals surface area contributed by atoms with E-state index in [9.17, 15) is 14.7 Å². The van der Waals surface area contributed by atoms with Crippen molar-refractivity contribution in [2.75, 3.05) is 13.2 Å². The van der Waals surface area contributed by atoms with Gasteiger partial charge in [-0.05, 0) is 58.4 Å². The standard InChI is InChI=1S/C26H23NO4/c1-16-18-12-13-27(14-17(18)10-11-19(16)25(28)29)26(30)31-15-24-22-8-4-2-6-20(22)21-7-3-5-9-23(21)24/h2-11,24H,12-15H2,1H3,(H,28,29). The Morgan fingerprint density at radius 3 is 2.29 bits per heavy atom. The summed E-state index contributed by atoms with van der Waals surface area (Å²) in [7, 11) is 0. The molecule has 3 aromatic rings. The maximum atomic E-state index is 12.9. The molecule has 0 atom stereocenters. The van der Waals surface area contributed by atoms with Crippen LogP contribution in [0.5, 0.6) is 0 Å². The maximum Gasteiger partial charge on any atom is 0.410 e. The molecule has 5 nitrogen and oxygen atoms in total. The number of carbonyl (C=O) groups is 2. The fourth-order valence-corrected chi connectivity index (χ4v) is 4.91. The van der Waals surface area contributed by atoms with E-state index in [2.05, 4.69) is 24.3 Å². The van der Waals surface area contributed by atoms with Crippen molar-refractivity contribution in [2.45, 2.75) is 25.8 Å². The second-order valence-corrected chi connectivity index (χ2v) is 8.16. The monoisotopic (exact) mass is 413 g/mol. The van der Waals surface area contributed by atoms with Crippen LogP contribution < -0.4 is 0 Å². The quantitative estimate of drug-likeness (QED) is 0.656. The molecule has 0 spiro atoms. The maximum absolute atomic E-state index is 12.9. The molecule has 0 bridgehead atoms. The molecule has 0 unspecified atom stereocenters. The number of amides is 1. The van der Waals surface area contributed by atoms with E-state index in [1.165, 1.54) is 22.3 Å². The summed E-state index contributed by atoms with van der Waals surface area (Å²) >= 11 is 0. The van der Waals surface area contributed by atoms with Crippen molar-refractivity contribution in [1.82, 2.24) is 4.90 Å². The fourth-order valence-electron chi connectivity index (χ4n) is 4.91. The van der Waals surface area contributed by atoms with Gasteiger partial charge in [0.15, 0.2) is 0 Å². The van der Waals surface area contributed by atoms with Crippen LogP contribution in [-0.4, -0.2) is 35.2 Å². The molecule has 1 aliphatic heterocycles. The van der Waals surface area contributed by atoms with Gasteiger partial charge in [0, 0.05) is 19.0 Å². The predicted molar refractivity (Wildman–Crippen MR) is 117 cm³/mol. The summed E-state index contributed by atoms with van der Waals surface area (Å²) in [6.07, 6.45) is 0.305. The van der Waals surface area contributed by atoms with E-state index in [0.717, 1.165) is 16.7 Å². The van der Waals surface area contributed by atoms with Gasteiger partial charge in [0.2, 0.25) is 0 Å². The molecule has 0 saturated heterocycles. The molecule has 0 radical (unpaired) electrons. The molecule has 5 rings (SSSR count). The van der Waals surface area contributed by atoms with Crippen LogP contribution in [0.15, 0.2) is 60.7 Å². The highest BCUT2D eigenvalue weighted by molar-refractivity contribution is 5.90. The highest BCUT2D eigenvalue weighted by atomic mass is 16.6. The molecule has 156 valence electrons. The topological polar surface area (TPSA) is 66.8 Å². The number of ether oxygens (including phenoxy) is 1. The summed E-state index contributed by atoms with van der Waals surface area (Å²) in [4.78, 5) is 25.9. The van der Waals surface area contributed by atoms with Crippen molar-refractivity contribution in [1.29, 1.82) is 0 Å². The van der Waals surface area contributed by atoms with Crippen LogP contribution in [0.3, 0.4) is 0 Å². The number of carboxylic acid groups (broad SMARTS) is 1. The third-order valence-corrected chi connectivity index (χ3v) is 6.51. The number of hydrogen-bond acceptors (Lipinski definition) is 3. The van der Waals surface area contributed by atoms with Gasteiger partial charge in [0.25, 0.3) is 0 Å². The number of benzene rings is 3. The highest BCUT2D eigenvalue weighted by Crippen LogP contribution is 2.44. The average Bonchev–Trinajstić information content (AvgIpc) is 3.11. The lowest BCUT2D eigenvalue weighted by molar-refractivity contribution is 0.0695. The minimum atomic E-state index is -0.917. The number of fused-ring (bicyclic) bond motifs is 4. The molecule has 2 aliphatic rings. The van der Waals surface area contributed by atoms with Crippen LogP contribution in [0.4, 0.5) is 4.79 Å². The molecule has 0 aromatic heterocycles. The molecule has 1 heterocycles. The highest BCUT2D eigenvalue weighted by Gasteiger charge is 2.30. The summed E-state index contributed by atoms with van der Waals surface area (Å²) < 4.78 is 5.78. The molecule has 1 N–H and O–H groups in total. The number of aromatic carboxylic acids is 1. The number of carboxylic acids is 1. The Morgan fingerprint density at radius 2 is 1.65 bits per heavy atom. The zero-order valence-corrected chi connectivity index (χ0v) is 17.3. The first kappa shape index (κ1) is 19.4. The molecule has 1 amide bonds. The largest absolute Gasteiger partial charge is 0.478 e. The van der Waals surface area contributed by atoms with Crippen LogP contribution in [0.25, 0.3) is 11.1 Å². The average molecular weight is 413 g/mol. The summed E-state index contributed by atoms with van der Waals surface area (Å²) in [6.45, 7) is 3.10. The van der Waals surface area contributed by atoms with Gasteiger partial charge in [-0.25, -0.2) is 9.59 Å². The van der Waals surface area contributed by atoms with Gasteiger partial charge in [-0.3, -0.25) is 0 Å². The van der Waals surface area contributed by atoms with Gasteiger partial charge < -0.3 is 14.7 Å². The van der Waals surface area contributed by atoms with Crippen molar-refractivity contribution >= 4 is 12.1 Å². The van der Waals surface area contributed by atoms with Crippen molar-refractivity contribution < 1.29 is 19.4 Å². The van der Waals surface area contributed by atoms with Crippen molar-refractivity contribution in [3.63, 3.8) is 0 Å². The fraction of sp³-hybridized carbons (Fsp3) is 0.231. The summed E-state index contributed by atoms with van der Waals surface area (Å²) in [5.41, 5.74) is 7.93. The van der Waals surface area contributed by atoms with Crippen molar-refractivity contribution in [2.24, 2.45) is 0 Å². The van der Waals surface area contributed by atoms with Gasteiger partial charge in [-0.2, -0.15) is 0 Å². The smallest absolute Gasteiger partial charge is 0.410 e. The lowest BCUT2D eigenvalue weighted by Crippen LogP contribution is -2.37. The second kappa shape index (κ2) is 7.58. The number of carbonyl (C=O) groups excluding carboxylic acids is 1. The molecule has 0 fully saturated rings. The van der Waals surface area contributed by atoms with E-state index < -0.39 is 5.97 Å². The molecule has 3 aromatic carbocycles. The van der Waals surface area contributed by atoms with Crippen LogP contribution >= 0.6 is 0 Å². The normalized spacial score (nSPS) is 14.5. The van der Waals surface area contributed by atoms with Crippen molar-refractivity contribution in [3.8, 4) is 11.1 Å². The van der Waals surface area contributed by atoms with Gasteiger partial charge in [-0.1, -0.05) is 54.6 Å². The molecule has 0 saturated carbocycles. The molecule has 5 heteroatoms. The number of hydrogen-bond donors (Lipinski definition) is 1. The summed E-state index contributed by atoms with van der Waals surface area (Å²) in [5, 5.41) is 9.34. The van der Waals surface area contributed by atoms with E-state index in [0.29, 0.717) is 31.7 Å².